The molecule has 23 heavy (non-hydrogen) atoms. The summed E-state index contributed by atoms with van der Waals surface area (Å²) in [5.74, 6) is 0.331. The van der Waals surface area contributed by atoms with Gasteiger partial charge in [0, 0.05) is 11.0 Å². The van der Waals surface area contributed by atoms with Gasteiger partial charge >= 0.3 is 0 Å². The summed E-state index contributed by atoms with van der Waals surface area (Å²) in [6, 6.07) is -0.0414. The second-order valence-corrected chi connectivity index (χ2v) is 10.6. The van der Waals surface area contributed by atoms with Crippen molar-refractivity contribution in [3.8, 4) is 0 Å². The lowest BCUT2D eigenvalue weighted by Gasteiger charge is -2.42. The highest BCUT2D eigenvalue weighted by Gasteiger charge is 2.33. The standard InChI is InChI=1S/C20H43N2O/c1-18(2,3)17(23)16(21-19(4,5)6)14-12-13-15-22(10,11)20(7,8)9/h16,21H,12-15H2,1-11H3/q+1. The van der Waals surface area contributed by atoms with Crippen LogP contribution in [0, 0.1) is 5.41 Å². The summed E-state index contributed by atoms with van der Waals surface area (Å²) < 4.78 is 1.01. The lowest BCUT2D eigenvalue weighted by molar-refractivity contribution is -0.935. The lowest BCUT2D eigenvalue weighted by atomic mass is 9.84. The van der Waals surface area contributed by atoms with E-state index in [1.807, 2.05) is 20.8 Å². The highest BCUT2D eigenvalue weighted by atomic mass is 16.1. The normalized spacial score (nSPS) is 15.6. The van der Waals surface area contributed by atoms with Gasteiger partial charge in [-0.1, -0.05) is 20.8 Å². The summed E-state index contributed by atoms with van der Waals surface area (Å²) in [4.78, 5) is 12.7. The van der Waals surface area contributed by atoms with Crippen LogP contribution in [0.4, 0.5) is 0 Å². The molecule has 3 nitrogen and oxygen atoms in total. The molecule has 0 saturated carbocycles. The molecule has 0 aliphatic carbocycles. The van der Waals surface area contributed by atoms with Gasteiger partial charge in [0.2, 0.25) is 0 Å². The van der Waals surface area contributed by atoms with E-state index in [0.29, 0.717) is 5.78 Å². The van der Waals surface area contributed by atoms with Crippen molar-refractivity contribution in [2.75, 3.05) is 20.6 Å². The highest BCUT2D eigenvalue weighted by Crippen LogP contribution is 2.23. The predicted octanol–water partition coefficient (Wildman–Crippen LogP) is 4.40. The zero-order chi connectivity index (χ0) is 18.7. The number of ketones is 1. The van der Waals surface area contributed by atoms with Crippen LogP contribution in [-0.2, 0) is 4.79 Å². The number of hydrogen-bond donors (Lipinski definition) is 1. The quantitative estimate of drug-likeness (QED) is 0.554. The predicted molar refractivity (Wildman–Crippen MR) is 102 cm³/mol. The molecule has 138 valence electrons. The Bertz CT molecular complexity index is 378. The molecule has 0 saturated heterocycles. The number of nitrogens with one attached hydrogen (secondary N) is 1. The van der Waals surface area contributed by atoms with Gasteiger partial charge in [0.05, 0.1) is 32.2 Å². The van der Waals surface area contributed by atoms with Gasteiger partial charge in [-0.2, -0.15) is 0 Å². The molecule has 0 rings (SSSR count). The summed E-state index contributed by atoms with van der Waals surface area (Å²) >= 11 is 0. The van der Waals surface area contributed by atoms with E-state index in [0.717, 1.165) is 30.3 Å². The Balaban J connectivity index is 4.67. The summed E-state index contributed by atoms with van der Waals surface area (Å²) in [5, 5.41) is 3.54. The maximum absolute atomic E-state index is 12.7. The average Bonchev–Trinajstić information content (AvgIpc) is 2.28. The minimum atomic E-state index is -0.288. The fourth-order valence-corrected chi connectivity index (χ4v) is 2.51. The second kappa shape index (κ2) is 7.65. The second-order valence-electron chi connectivity index (χ2n) is 10.6. The SMILES string of the molecule is CC(C)(C)NC(CCCC[N+](C)(C)C(C)(C)C)C(=O)C(C)(C)C. The van der Waals surface area contributed by atoms with Crippen molar-refractivity contribution in [1.82, 2.24) is 5.32 Å². The van der Waals surface area contributed by atoms with Crippen molar-refractivity contribution >= 4 is 5.78 Å². The fraction of sp³-hybridized carbons (Fsp3) is 0.950. The zero-order valence-electron chi connectivity index (χ0n) is 17.8. The van der Waals surface area contributed by atoms with Crippen molar-refractivity contribution in [3.05, 3.63) is 0 Å². The van der Waals surface area contributed by atoms with Crippen LogP contribution >= 0.6 is 0 Å². The first-order chi connectivity index (χ1) is 9.97. The van der Waals surface area contributed by atoms with Gasteiger partial charge in [0.15, 0.2) is 5.78 Å². The van der Waals surface area contributed by atoms with Gasteiger partial charge in [-0.05, 0) is 60.8 Å². The average molecular weight is 328 g/mol. The summed E-state index contributed by atoms with van der Waals surface area (Å²) in [6.45, 7) is 20.5. The van der Waals surface area contributed by atoms with Crippen LogP contribution in [0.2, 0.25) is 0 Å². The molecule has 1 N–H and O–H groups in total. The molecule has 0 aromatic rings. The first kappa shape index (κ1) is 22.6. The highest BCUT2D eigenvalue weighted by molar-refractivity contribution is 5.88. The van der Waals surface area contributed by atoms with E-state index in [-0.39, 0.29) is 22.5 Å². The number of carbonyl (C=O) groups is 1. The minimum absolute atomic E-state index is 0.0354. The van der Waals surface area contributed by atoms with Crippen molar-refractivity contribution < 1.29 is 9.28 Å². The van der Waals surface area contributed by atoms with Gasteiger partial charge in [-0.3, -0.25) is 4.79 Å². The van der Waals surface area contributed by atoms with Gasteiger partial charge < -0.3 is 9.80 Å². The Morgan fingerprint density at radius 3 is 1.74 bits per heavy atom. The van der Waals surface area contributed by atoms with E-state index in [1.54, 1.807) is 0 Å². The maximum atomic E-state index is 12.7. The van der Waals surface area contributed by atoms with Gasteiger partial charge in [0.25, 0.3) is 0 Å². The number of rotatable bonds is 7. The van der Waals surface area contributed by atoms with Gasteiger partial charge in [0.1, 0.15) is 0 Å². The molecular formula is C20H43N2O+. The fourth-order valence-electron chi connectivity index (χ4n) is 2.51. The van der Waals surface area contributed by atoms with E-state index in [2.05, 4.69) is 61.0 Å². The van der Waals surface area contributed by atoms with Crippen molar-refractivity contribution in [2.45, 2.75) is 98.7 Å². The molecule has 0 radical (unpaired) electrons. The summed E-state index contributed by atoms with van der Waals surface area (Å²) in [5.41, 5.74) is -0.0692. The molecule has 0 heterocycles. The number of quaternary nitrogens is 1. The molecule has 0 aliphatic heterocycles. The molecule has 0 bridgehead atoms. The molecule has 0 aliphatic rings. The summed E-state index contributed by atoms with van der Waals surface area (Å²) in [7, 11) is 4.59. The van der Waals surface area contributed by atoms with Gasteiger partial charge in [-0.15, -0.1) is 0 Å². The number of hydrogen-bond acceptors (Lipinski definition) is 2. The molecule has 0 spiro atoms. The van der Waals surface area contributed by atoms with Crippen LogP contribution in [0.1, 0.15) is 81.6 Å². The molecule has 0 aromatic heterocycles. The first-order valence-electron chi connectivity index (χ1n) is 9.12. The Labute approximate surface area is 145 Å². The Hall–Kier alpha value is -0.410. The number of nitrogens with zero attached hydrogens (tertiary/aromatic N) is 1. The number of Topliss-reactive ketones (excluding diaryl/α,β-unsaturated/α-hetero) is 1. The van der Waals surface area contributed by atoms with E-state index < -0.39 is 0 Å². The molecule has 1 unspecified atom stereocenters. The van der Waals surface area contributed by atoms with E-state index in [4.69, 9.17) is 0 Å². The molecule has 0 fully saturated rings. The van der Waals surface area contributed by atoms with Crippen molar-refractivity contribution in [2.24, 2.45) is 5.41 Å². The van der Waals surface area contributed by atoms with Crippen LogP contribution in [0.3, 0.4) is 0 Å². The first-order valence-corrected chi connectivity index (χ1v) is 9.12. The topological polar surface area (TPSA) is 29.1 Å². The van der Waals surface area contributed by atoms with Crippen LogP contribution in [0.5, 0.6) is 0 Å². The monoisotopic (exact) mass is 327 g/mol. The number of unbranched alkanes of at least 4 members (excludes halogenated alkanes) is 1. The minimum Gasteiger partial charge on any atom is -0.324 e. The largest absolute Gasteiger partial charge is 0.324 e. The van der Waals surface area contributed by atoms with Gasteiger partial charge in [-0.25, -0.2) is 0 Å². The summed E-state index contributed by atoms with van der Waals surface area (Å²) in [6.07, 6.45) is 3.18. The van der Waals surface area contributed by atoms with Crippen LogP contribution in [-0.4, -0.2) is 48.0 Å². The van der Waals surface area contributed by atoms with E-state index in [1.165, 1.54) is 0 Å². The molecular weight excluding hydrogens is 284 g/mol. The smallest absolute Gasteiger partial charge is 0.155 e. The van der Waals surface area contributed by atoms with Crippen LogP contribution in [0.25, 0.3) is 0 Å². The lowest BCUT2D eigenvalue weighted by Crippen LogP contribution is -2.54. The number of carbonyl (C=O) groups excluding carboxylic acids is 1. The van der Waals surface area contributed by atoms with Crippen LogP contribution < -0.4 is 5.32 Å². The Morgan fingerprint density at radius 2 is 1.39 bits per heavy atom. The third-order valence-electron chi connectivity index (χ3n) is 4.94. The Morgan fingerprint density at radius 1 is 0.913 bits per heavy atom. The molecule has 0 aromatic carbocycles. The third-order valence-corrected chi connectivity index (χ3v) is 4.94. The molecule has 0 amide bonds. The zero-order valence-corrected chi connectivity index (χ0v) is 17.8. The Kier molecular flexibility index (Phi) is 7.51. The molecule has 3 heteroatoms. The third kappa shape index (κ3) is 8.30. The van der Waals surface area contributed by atoms with Crippen molar-refractivity contribution in [3.63, 3.8) is 0 Å². The van der Waals surface area contributed by atoms with Crippen LogP contribution in [0.15, 0.2) is 0 Å². The maximum Gasteiger partial charge on any atom is 0.155 e. The van der Waals surface area contributed by atoms with E-state index >= 15 is 0 Å². The van der Waals surface area contributed by atoms with Crippen molar-refractivity contribution in [1.29, 1.82) is 0 Å². The van der Waals surface area contributed by atoms with E-state index in [9.17, 15) is 4.79 Å². The molecule has 1 atom stereocenters.